The van der Waals surface area contributed by atoms with Crippen LogP contribution in [0.4, 0.5) is 4.79 Å². The van der Waals surface area contributed by atoms with Gasteiger partial charge in [-0.3, -0.25) is 14.6 Å². The van der Waals surface area contributed by atoms with Crippen molar-refractivity contribution >= 4 is 6.09 Å². The number of hydrogen-bond donors (Lipinski definition) is 0. The number of nitrogens with zero attached hydrogens (tertiary/aromatic N) is 4. The molecule has 1 spiro atoms. The number of rotatable bonds is 8. The van der Waals surface area contributed by atoms with Crippen LogP contribution in [0.1, 0.15) is 86.4 Å². The van der Waals surface area contributed by atoms with Crippen LogP contribution in [0.15, 0.2) is 41.3 Å². The van der Waals surface area contributed by atoms with Crippen LogP contribution in [-0.4, -0.2) is 76.9 Å². The molecule has 2 aliphatic heterocycles. The van der Waals surface area contributed by atoms with Crippen molar-refractivity contribution in [3.63, 3.8) is 0 Å². The fourth-order valence-corrected chi connectivity index (χ4v) is 8.04. The molecule has 1 aromatic heterocycles. The summed E-state index contributed by atoms with van der Waals surface area (Å²) in [7, 11) is 5.24. The Labute approximate surface area is 291 Å². The Kier molecular flexibility index (Phi) is 9.63. The molecule has 1 aliphatic carbocycles. The van der Waals surface area contributed by atoms with Gasteiger partial charge in [-0.15, -0.1) is 0 Å². The number of piperazine rings is 1. The van der Waals surface area contributed by atoms with Crippen LogP contribution >= 0.6 is 0 Å². The number of amides is 1. The molecule has 3 aliphatic rings. The number of hydrogen-bond acceptors (Lipinski definition) is 7. The monoisotopic (exact) mass is 670 g/mol. The Bertz CT molecular complexity index is 1760. The first kappa shape index (κ1) is 35.0. The number of benzene rings is 2. The maximum Gasteiger partial charge on any atom is 0.410 e. The molecular weight excluding hydrogens is 616 g/mol. The summed E-state index contributed by atoms with van der Waals surface area (Å²) in [5.74, 6) is 1.61. The maximum atomic E-state index is 13.1. The van der Waals surface area contributed by atoms with Gasteiger partial charge in [-0.1, -0.05) is 25.1 Å². The maximum absolute atomic E-state index is 13.1. The lowest BCUT2D eigenvalue weighted by atomic mass is 9.87. The van der Waals surface area contributed by atoms with Gasteiger partial charge in [0.25, 0.3) is 5.56 Å². The normalized spacial score (nSPS) is 19.1. The Morgan fingerprint density at radius 1 is 0.980 bits per heavy atom. The van der Waals surface area contributed by atoms with E-state index in [0.717, 1.165) is 84.9 Å². The number of carbonyl (C=O) groups excluding carboxylic acids is 1. The van der Waals surface area contributed by atoms with E-state index in [1.807, 2.05) is 45.7 Å². The van der Waals surface area contributed by atoms with Gasteiger partial charge in [-0.05, 0) is 100 Å². The average Bonchev–Trinajstić information content (AvgIpc) is 3.84. The van der Waals surface area contributed by atoms with E-state index in [4.69, 9.17) is 14.2 Å². The van der Waals surface area contributed by atoms with E-state index in [-0.39, 0.29) is 23.2 Å². The molecule has 2 fully saturated rings. The van der Waals surface area contributed by atoms with Gasteiger partial charge in [0.2, 0.25) is 0 Å². The zero-order valence-electron chi connectivity index (χ0n) is 30.9. The molecule has 3 aromatic rings. The van der Waals surface area contributed by atoms with E-state index >= 15 is 0 Å². The molecule has 264 valence electrons. The number of aryl methyl sites for hydroxylation is 1. The van der Waals surface area contributed by atoms with E-state index in [2.05, 4.69) is 47.1 Å². The number of pyridine rings is 1. The van der Waals surface area contributed by atoms with Crippen LogP contribution in [0.2, 0.25) is 0 Å². The van der Waals surface area contributed by atoms with Gasteiger partial charge in [-0.2, -0.15) is 0 Å². The van der Waals surface area contributed by atoms with Gasteiger partial charge >= 0.3 is 6.09 Å². The van der Waals surface area contributed by atoms with E-state index in [1.54, 1.807) is 25.8 Å². The first-order valence-corrected chi connectivity index (χ1v) is 17.8. The van der Waals surface area contributed by atoms with Gasteiger partial charge in [0.1, 0.15) is 17.1 Å². The second kappa shape index (κ2) is 13.5. The smallest absolute Gasteiger partial charge is 0.410 e. The Hall–Kier alpha value is -3.82. The van der Waals surface area contributed by atoms with Crippen LogP contribution in [0, 0.1) is 13.8 Å². The summed E-state index contributed by atoms with van der Waals surface area (Å²) in [5, 5.41) is 0. The molecule has 3 heterocycles. The molecule has 9 nitrogen and oxygen atoms in total. The zero-order chi connectivity index (χ0) is 35.2. The molecule has 0 radical (unpaired) electrons. The quantitative estimate of drug-likeness (QED) is 0.262. The van der Waals surface area contributed by atoms with Crippen molar-refractivity contribution in [1.29, 1.82) is 0 Å². The third kappa shape index (κ3) is 6.84. The molecule has 49 heavy (non-hydrogen) atoms. The minimum atomic E-state index is -0.513. The summed E-state index contributed by atoms with van der Waals surface area (Å²) in [4.78, 5) is 32.8. The number of aromatic nitrogens is 1. The number of methoxy groups -OCH3 is 2. The SMILES string of the molecule is CCC1c2cccc(CN3CCN(Cc4c(OC)cc(-c5cn(C)c(=O)c(C)c5C)cc4OC)C4(CC4)C3)c2CCN1C(=O)OC(C)(C)C. The molecule has 9 heteroatoms. The highest BCUT2D eigenvalue weighted by Crippen LogP contribution is 2.47. The summed E-state index contributed by atoms with van der Waals surface area (Å²) in [5.41, 5.74) is 8.46. The molecule has 1 unspecified atom stereocenters. The lowest BCUT2D eigenvalue weighted by Gasteiger charge is -2.43. The molecule has 1 saturated heterocycles. The van der Waals surface area contributed by atoms with Crippen LogP contribution < -0.4 is 15.0 Å². The van der Waals surface area contributed by atoms with Crippen LogP contribution in [0.25, 0.3) is 11.1 Å². The minimum Gasteiger partial charge on any atom is -0.496 e. The van der Waals surface area contributed by atoms with Crippen molar-refractivity contribution in [3.8, 4) is 22.6 Å². The molecule has 1 atom stereocenters. The van der Waals surface area contributed by atoms with Gasteiger partial charge in [0.15, 0.2) is 0 Å². The summed E-state index contributed by atoms with van der Waals surface area (Å²) in [6.45, 7) is 17.1. The van der Waals surface area contributed by atoms with Crippen molar-refractivity contribution in [2.45, 2.75) is 97.5 Å². The highest BCUT2D eigenvalue weighted by Gasteiger charge is 2.51. The second-order valence-electron chi connectivity index (χ2n) is 15.3. The lowest BCUT2D eigenvalue weighted by molar-refractivity contribution is 0.0135. The van der Waals surface area contributed by atoms with Gasteiger partial charge < -0.3 is 23.7 Å². The number of ether oxygens (including phenoxy) is 3. The highest BCUT2D eigenvalue weighted by atomic mass is 16.6. The Morgan fingerprint density at radius 3 is 2.29 bits per heavy atom. The predicted molar refractivity (Wildman–Crippen MR) is 193 cm³/mol. The fraction of sp³-hybridized carbons (Fsp3) is 0.550. The molecule has 0 bridgehead atoms. The summed E-state index contributed by atoms with van der Waals surface area (Å²) in [6.07, 6.45) is 5.75. The molecule has 2 aromatic carbocycles. The largest absolute Gasteiger partial charge is 0.496 e. The van der Waals surface area contributed by atoms with Crippen molar-refractivity contribution < 1.29 is 19.0 Å². The van der Waals surface area contributed by atoms with Crippen molar-refractivity contribution in [2.75, 3.05) is 40.4 Å². The molecule has 0 N–H and O–H groups in total. The molecule has 1 amide bonds. The van der Waals surface area contributed by atoms with Gasteiger partial charge in [0, 0.05) is 69.2 Å². The topological polar surface area (TPSA) is 76.5 Å². The van der Waals surface area contributed by atoms with E-state index in [9.17, 15) is 9.59 Å². The first-order chi connectivity index (χ1) is 23.3. The third-order valence-electron chi connectivity index (χ3n) is 11.0. The van der Waals surface area contributed by atoms with Crippen molar-refractivity contribution in [2.24, 2.45) is 7.05 Å². The van der Waals surface area contributed by atoms with Crippen LogP contribution in [0.5, 0.6) is 11.5 Å². The van der Waals surface area contributed by atoms with Crippen LogP contribution in [0.3, 0.4) is 0 Å². The zero-order valence-corrected chi connectivity index (χ0v) is 30.9. The summed E-state index contributed by atoms with van der Waals surface area (Å²) < 4.78 is 19.4. The summed E-state index contributed by atoms with van der Waals surface area (Å²) >= 11 is 0. The summed E-state index contributed by atoms with van der Waals surface area (Å²) in [6, 6.07) is 10.9. The van der Waals surface area contributed by atoms with Gasteiger partial charge in [-0.25, -0.2) is 4.79 Å². The van der Waals surface area contributed by atoms with Crippen LogP contribution in [-0.2, 0) is 31.3 Å². The predicted octanol–water partition coefficient (Wildman–Crippen LogP) is 6.78. The Balaban J connectivity index is 1.19. The molecule has 1 saturated carbocycles. The minimum absolute atomic E-state index is 0.0211. The first-order valence-electron chi connectivity index (χ1n) is 17.8. The Morgan fingerprint density at radius 2 is 1.67 bits per heavy atom. The standard InChI is InChI=1S/C40H54N4O5/c1-10-34-31-13-11-12-28(30(31)14-17-44(34)38(46)49-39(4,5)6)22-42-18-19-43(40(25-42)15-16-40)24-33-35(47-8)20-29(21-36(33)48-9)32-23-41(7)37(45)27(3)26(32)2/h11-13,20-21,23,34H,10,14-19,22,24-25H2,1-9H3. The highest BCUT2D eigenvalue weighted by molar-refractivity contribution is 5.72. The number of fused-ring (bicyclic) bond motifs is 1. The van der Waals surface area contributed by atoms with Gasteiger partial charge in [0.05, 0.1) is 25.8 Å². The third-order valence-corrected chi connectivity index (χ3v) is 11.0. The average molecular weight is 671 g/mol. The second-order valence-corrected chi connectivity index (χ2v) is 15.3. The number of carbonyl (C=O) groups is 1. The van der Waals surface area contributed by atoms with E-state index < -0.39 is 5.60 Å². The van der Waals surface area contributed by atoms with Crippen molar-refractivity contribution in [1.82, 2.24) is 19.3 Å². The lowest BCUT2D eigenvalue weighted by Crippen LogP contribution is -2.54. The van der Waals surface area contributed by atoms with E-state index in [0.29, 0.717) is 6.54 Å². The fourth-order valence-electron chi connectivity index (χ4n) is 8.04. The molecular formula is C40H54N4O5. The molecule has 6 rings (SSSR count). The van der Waals surface area contributed by atoms with E-state index in [1.165, 1.54) is 29.5 Å². The van der Waals surface area contributed by atoms with Crippen molar-refractivity contribution in [3.05, 3.63) is 80.3 Å².